The SMILES string of the molecule is COc1nc(N[C@@H]2CN(C)CC2(F)F)nn2ccc(-c3cc(F)c4ncn(CC(F)F)c4c3)c12. The Labute approximate surface area is 189 Å². The lowest BCUT2D eigenvalue weighted by atomic mass is 10.1. The minimum atomic E-state index is -2.96. The van der Waals surface area contributed by atoms with Crippen LogP contribution in [0.2, 0.25) is 0 Å². The van der Waals surface area contributed by atoms with E-state index in [1.165, 1.54) is 33.5 Å². The van der Waals surface area contributed by atoms with Gasteiger partial charge in [0.1, 0.15) is 17.1 Å². The summed E-state index contributed by atoms with van der Waals surface area (Å²) in [6.45, 7) is -0.897. The van der Waals surface area contributed by atoms with Gasteiger partial charge in [0.15, 0.2) is 5.82 Å². The summed E-state index contributed by atoms with van der Waals surface area (Å²) < 4.78 is 77.0. The summed E-state index contributed by atoms with van der Waals surface area (Å²) in [6.07, 6.45) is 0.0857. The van der Waals surface area contributed by atoms with Crippen molar-refractivity contribution in [2.75, 3.05) is 32.6 Å². The predicted molar refractivity (Wildman–Crippen MR) is 114 cm³/mol. The number of likely N-dealkylation sites (tertiary alicyclic amines) is 1. The highest BCUT2D eigenvalue weighted by Crippen LogP contribution is 2.35. The van der Waals surface area contributed by atoms with Gasteiger partial charge < -0.3 is 14.6 Å². The molecule has 0 bridgehead atoms. The first-order valence-corrected chi connectivity index (χ1v) is 10.4. The minimum Gasteiger partial charge on any atom is -0.479 e. The highest BCUT2D eigenvalue weighted by atomic mass is 19.3. The maximum atomic E-state index is 14.8. The first-order chi connectivity index (χ1) is 16.2. The molecule has 13 heteroatoms. The molecule has 0 amide bonds. The summed E-state index contributed by atoms with van der Waals surface area (Å²) >= 11 is 0. The van der Waals surface area contributed by atoms with E-state index in [9.17, 15) is 22.0 Å². The molecule has 1 aromatic carbocycles. The summed E-state index contributed by atoms with van der Waals surface area (Å²) in [5.41, 5.74) is 1.39. The minimum absolute atomic E-state index is 0.0231. The lowest BCUT2D eigenvalue weighted by molar-refractivity contribution is 0.00582. The van der Waals surface area contributed by atoms with E-state index in [0.717, 1.165) is 0 Å². The number of imidazole rings is 1. The topological polar surface area (TPSA) is 72.5 Å². The average Bonchev–Trinajstić information content (AvgIpc) is 3.43. The van der Waals surface area contributed by atoms with Crippen molar-refractivity contribution in [1.82, 2.24) is 29.0 Å². The number of anilines is 1. The van der Waals surface area contributed by atoms with E-state index in [0.29, 0.717) is 16.6 Å². The van der Waals surface area contributed by atoms with Crippen LogP contribution in [0.15, 0.2) is 30.7 Å². The number of methoxy groups -OCH3 is 1. The number of fused-ring (bicyclic) bond motifs is 2. The molecule has 34 heavy (non-hydrogen) atoms. The number of likely N-dealkylation sites (N-methyl/N-ethyl adjacent to an activating group) is 1. The first kappa shape index (κ1) is 22.3. The molecule has 1 saturated heterocycles. The third kappa shape index (κ3) is 3.79. The zero-order valence-corrected chi connectivity index (χ0v) is 18.1. The molecule has 0 radical (unpaired) electrons. The standard InChI is InChI=1S/C21H20F5N7O/c1-31-7-15(21(25,26)9-31)28-20-29-19(34-2)18-12(3-4-33(18)30-20)11-5-13(22)17-14(6-11)32(10-27-17)8-16(23)24/h3-6,10,15-16H,7-9H2,1-2H3,(H,28,30)/t15-/m1/s1. The summed E-state index contributed by atoms with van der Waals surface area (Å²) in [4.78, 5) is 9.63. The molecule has 4 heterocycles. The van der Waals surface area contributed by atoms with Crippen molar-refractivity contribution in [3.05, 3.63) is 36.5 Å². The van der Waals surface area contributed by atoms with E-state index < -0.39 is 30.8 Å². The highest BCUT2D eigenvalue weighted by molar-refractivity contribution is 5.90. The van der Waals surface area contributed by atoms with Crippen LogP contribution in [0.5, 0.6) is 5.88 Å². The fraction of sp³-hybridized carbons (Fsp3) is 0.381. The van der Waals surface area contributed by atoms with Gasteiger partial charge in [0.25, 0.3) is 12.3 Å². The average molecular weight is 481 g/mol. The Kier molecular flexibility index (Phi) is 5.30. The third-order valence-corrected chi connectivity index (χ3v) is 5.79. The summed E-state index contributed by atoms with van der Waals surface area (Å²) in [5, 5.41) is 6.94. The molecular formula is C21H20F5N7O. The van der Waals surface area contributed by atoms with Crippen LogP contribution < -0.4 is 10.1 Å². The van der Waals surface area contributed by atoms with Gasteiger partial charge >= 0.3 is 0 Å². The first-order valence-electron chi connectivity index (χ1n) is 10.4. The molecule has 1 aliphatic heterocycles. The predicted octanol–water partition coefficient (Wildman–Crippen LogP) is 3.52. The van der Waals surface area contributed by atoms with Crippen molar-refractivity contribution in [3.8, 4) is 17.0 Å². The van der Waals surface area contributed by atoms with Gasteiger partial charge in [-0.05, 0) is 30.8 Å². The van der Waals surface area contributed by atoms with Crippen LogP contribution in [0.25, 0.3) is 27.7 Å². The number of hydrogen-bond donors (Lipinski definition) is 1. The Morgan fingerprint density at radius 3 is 2.76 bits per heavy atom. The van der Waals surface area contributed by atoms with Crippen LogP contribution in [-0.2, 0) is 6.54 Å². The van der Waals surface area contributed by atoms with Crippen LogP contribution in [0.4, 0.5) is 27.9 Å². The number of benzene rings is 1. The normalized spacial score (nSPS) is 18.4. The highest BCUT2D eigenvalue weighted by Gasteiger charge is 2.47. The molecule has 0 saturated carbocycles. The van der Waals surface area contributed by atoms with Crippen LogP contribution in [0.1, 0.15) is 0 Å². The third-order valence-electron chi connectivity index (χ3n) is 5.79. The van der Waals surface area contributed by atoms with Crippen molar-refractivity contribution >= 4 is 22.5 Å². The lowest BCUT2D eigenvalue weighted by Gasteiger charge is -2.19. The van der Waals surface area contributed by atoms with Gasteiger partial charge in [-0.15, -0.1) is 5.10 Å². The largest absolute Gasteiger partial charge is 0.479 e. The zero-order chi connectivity index (χ0) is 24.2. The van der Waals surface area contributed by atoms with E-state index in [2.05, 4.69) is 20.4 Å². The van der Waals surface area contributed by atoms with Crippen molar-refractivity contribution in [2.45, 2.75) is 24.9 Å². The van der Waals surface area contributed by atoms with Gasteiger partial charge in [0.05, 0.1) is 32.0 Å². The number of alkyl halides is 4. The Bertz CT molecular complexity index is 1370. The molecule has 1 aliphatic rings. The number of rotatable bonds is 6. The maximum Gasteiger partial charge on any atom is 0.281 e. The Hall–Kier alpha value is -3.48. The van der Waals surface area contributed by atoms with Crippen LogP contribution in [0.3, 0.4) is 0 Å². The number of nitrogens with zero attached hydrogens (tertiary/aromatic N) is 6. The molecular weight excluding hydrogens is 461 g/mol. The summed E-state index contributed by atoms with van der Waals surface area (Å²) in [6, 6.07) is 3.23. The smallest absolute Gasteiger partial charge is 0.281 e. The van der Waals surface area contributed by atoms with Crippen molar-refractivity contribution in [1.29, 1.82) is 0 Å². The van der Waals surface area contributed by atoms with Crippen LogP contribution >= 0.6 is 0 Å². The van der Waals surface area contributed by atoms with Gasteiger partial charge in [-0.3, -0.25) is 4.90 Å². The number of aromatic nitrogens is 5. The van der Waals surface area contributed by atoms with Crippen molar-refractivity contribution in [3.63, 3.8) is 0 Å². The number of hydrogen-bond acceptors (Lipinski definition) is 6. The monoisotopic (exact) mass is 481 g/mol. The van der Waals surface area contributed by atoms with Gasteiger partial charge in [-0.25, -0.2) is 31.5 Å². The maximum absolute atomic E-state index is 14.8. The molecule has 3 aromatic heterocycles. The molecule has 4 aromatic rings. The molecule has 180 valence electrons. The second-order valence-electron chi connectivity index (χ2n) is 8.24. The summed E-state index contributed by atoms with van der Waals surface area (Å²) in [5.74, 6) is -3.61. The second kappa shape index (κ2) is 8.08. The van der Waals surface area contributed by atoms with E-state index in [1.54, 1.807) is 25.4 Å². The molecule has 1 N–H and O–H groups in total. The van der Waals surface area contributed by atoms with Crippen LogP contribution in [-0.4, -0.2) is 74.7 Å². The van der Waals surface area contributed by atoms with Crippen LogP contribution in [0, 0.1) is 5.82 Å². The lowest BCUT2D eigenvalue weighted by Crippen LogP contribution is -2.38. The van der Waals surface area contributed by atoms with E-state index in [-0.39, 0.29) is 36.0 Å². The Morgan fingerprint density at radius 2 is 2.09 bits per heavy atom. The van der Waals surface area contributed by atoms with Crippen molar-refractivity contribution in [2.24, 2.45) is 0 Å². The molecule has 1 atom stereocenters. The molecule has 0 aliphatic carbocycles. The quantitative estimate of drug-likeness (QED) is 0.425. The zero-order valence-electron chi connectivity index (χ0n) is 18.1. The summed E-state index contributed by atoms with van der Waals surface area (Å²) in [7, 11) is 2.96. The Balaban J connectivity index is 1.57. The molecule has 1 fully saturated rings. The molecule has 0 spiro atoms. The Morgan fingerprint density at radius 1 is 1.29 bits per heavy atom. The number of halogens is 5. The van der Waals surface area contributed by atoms with E-state index in [1.807, 2.05) is 0 Å². The molecule has 0 unspecified atom stereocenters. The second-order valence-corrected chi connectivity index (χ2v) is 8.24. The van der Waals surface area contributed by atoms with E-state index >= 15 is 0 Å². The fourth-order valence-corrected chi connectivity index (χ4v) is 4.29. The van der Waals surface area contributed by atoms with Gasteiger partial charge in [0, 0.05) is 18.3 Å². The fourth-order valence-electron chi connectivity index (χ4n) is 4.29. The number of ether oxygens (including phenoxy) is 1. The number of nitrogens with one attached hydrogen (secondary N) is 1. The van der Waals surface area contributed by atoms with Crippen molar-refractivity contribution < 1.29 is 26.7 Å². The van der Waals surface area contributed by atoms with Gasteiger partial charge in [0.2, 0.25) is 11.8 Å². The molecule has 8 nitrogen and oxygen atoms in total. The molecule has 5 rings (SSSR count). The van der Waals surface area contributed by atoms with Gasteiger partial charge in [-0.2, -0.15) is 4.98 Å². The van der Waals surface area contributed by atoms with Gasteiger partial charge in [-0.1, -0.05) is 0 Å². The van der Waals surface area contributed by atoms with E-state index in [4.69, 9.17) is 4.74 Å².